The van der Waals surface area contributed by atoms with Crippen LogP contribution in [0.3, 0.4) is 0 Å². The van der Waals surface area contributed by atoms with Crippen molar-refractivity contribution in [1.29, 1.82) is 0 Å². The van der Waals surface area contributed by atoms with E-state index in [-0.39, 0.29) is 5.37 Å². The summed E-state index contributed by atoms with van der Waals surface area (Å²) < 4.78 is 0. The Kier molecular flexibility index (Phi) is 2.26. The van der Waals surface area contributed by atoms with Gasteiger partial charge in [0.25, 0.3) is 0 Å². The molecule has 1 saturated carbocycles. The topological polar surface area (TPSA) is 20.3 Å². The highest BCUT2D eigenvalue weighted by Gasteiger charge is 2.37. The lowest BCUT2D eigenvalue weighted by Gasteiger charge is -2.30. The Bertz CT molecular complexity index is 195. The summed E-state index contributed by atoms with van der Waals surface area (Å²) in [6.45, 7) is 0.887. The fraction of sp³-hybridized carbons (Fsp3) is 0.889. The van der Waals surface area contributed by atoms with Gasteiger partial charge in [0.1, 0.15) is 0 Å². The van der Waals surface area contributed by atoms with E-state index in [1.807, 2.05) is 4.90 Å². The molecule has 1 heterocycles. The number of halogens is 1. The Morgan fingerprint density at radius 3 is 2.75 bits per heavy atom. The van der Waals surface area contributed by atoms with E-state index in [0.717, 1.165) is 12.5 Å². The van der Waals surface area contributed by atoms with Gasteiger partial charge in [-0.1, -0.05) is 12.8 Å². The molecule has 68 valence electrons. The van der Waals surface area contributed by atoms with E-state index in [9.17, 15) is 4.79 Å². The first-order valence-electron chi connectivity index (χ1n) is 4.75. The van der Waals surface area contributed by atoms with Crippen LogP contribution in [0.5, 0.6) is 0 Å². The number of nitrogens with zero attached hydrogens (tertiary/aromatic N) is 1. The molecule has 1 amide bonds. The van der Waals surface area contributed by atoms with Gasteiger partial charge in [0, 0.05) is 12.6 Å². The molecule has 1 saturated heterocycles. The van der Waals surface area contributed by atoms with Gasteiger partial charge in [0.05, 0.1) is 0 Å². The number of hydrogen-bond donors (Lipinski definition) is 0. The van der Waals surface area contributed by atoms with Crippen LogP contribution >= 0.6 is 11.6 Å². The third kappa shape index (κ3) is 1.33. The van der Waals surface area contributed by atoms with Crippen LogP contribution in [-0.2, 0) is 0 Å². The Balaban J connectivity index is 2.05. The van der Waals surface area contributed by atoms with Crippen molar-refractivity contribution >= 4 is 17.0 Å². The molecular weight excluding hydrogens is 174 g/mol. The Morgan fingerprint density at radius 2 is 2.00 bits per heavy atom. The second kappa shape index (κ2) is 3.25. The number of fused-ring (bicyclic) bond motifs is 1. The van der Waals surface area contributed by atoms with Crippen molar-refractivity contribution in [3.05, 3.63) is 0 Å². The van der Waals surface area contributed by atoms with E-state index in [4.69, 9.17) is 11.6 Å². The van der Waals surface area contributed by atoms with E-state index in [0.29, 0.717) is 6.04 Å². The molecular formula is C9H14ClNO. The van der Waals surface area contributed by atoms with Crippen LogP contribution in [0.15, 0.2) is 0 Å². The fourth-order valence-electron chi connectivity index (χ4n) is 2.62. The summed E-state index contributed by atoms with van der Waals surface area (Å²) in [5.74, 6) is 0.751. The van der Waals surface area contributed by atoms with Crippen LogP contribution < -0.4 is 0 Å². The molecule has 3 heteroatoms. The average molecular weight is 188 g/mol. The van der Waals surface area contributed by atoms with Crippen molar-refractivity contribution in [3.8, 4) is 0 Å². The molecule has 2 rings (SSSR count). The van der Waals surface area contributed by atoms with E-state index >= 15 is 0 Å². The zero-order chi connectivity index (χ0) is 8.55. The van der Waals surface area contributed by atoms with Crippen molar-refractivity contribution in [3.63, 3.8) is 0 Å². The smallest absolute Gasteiger partial charge is 0.316 e. The third-order valence-corrected chi connectivity index (χ3v) is 3.45. The number of rotatable bonds is 0. The summed E-state index contributed by atoms with van der Waals surface area (Å²) >= 11 is 5.49. The highest BCUT2D eigenvalue weighted by Crippen LogP contribution is 2.36. The van der Waals surface area contributed by atoms with Crippen LogP contribution in [0.4, 0.5) is 4.79 Å². The zero-order valence-corrected chi connectivity index (χ0v) is 7.89. The lowest BCUT2D eigenvalue weighted by atomic mass is 9.85. The summed E-state index contributed by atoms with van der Waals surface area (Å²) in [6.07, 6.45) is 6.24. The van der Waals surface area contributed by atoms with Gasteiger partial charge in [-0.3, -0.25) is 4.79 Å². The molecule has 1 aliphatic carbocycles. The first-order chi connectivity index (χ1) is 5.79. The highest BCUT2D eigenvalue weighted by molar-refractivity contribution is 6.62. The zero-order valence-electron chi connectivity index (χ0n) is 7.13. The van der Waals surface area contributed by atoms with Crippen molar-refractivity contribution < 1.29 is 4.79 Å². The molecule has 0 aromatic heterocycles. The van der Waals surface area contributed by atoms with Gasteiger partial charge in [-0.05, 0) is 36.8 Å². The number of hydrogen-bond acceptors (Lipinski definition) is 1. The SMILES string of the molecule is O=C(Cl)N1CC[C@@H]2CCCC[C@@H]21. The van der Waals surface area contributed by atoms with E-state index in [2.05, 4.69) is 0 Å². The van der Waals surface area contributed by atoms with Gasteiger partial charge >= 0.3 is 5.37 Å². The van der Waals surface area contributed by atoms with Crippen LogP contribution in [0, 0.1) is 5.92 Å². The molecule has 2 atom stereocenters. The molecule has 0 N–H and O–H groups in total. The second-order valence-corrected chi connectivity index (χ2v) is 4.17. The molecule has 0 bridgehead atoms. The molecule has 0 aromatic carbocycles. The van der Waals surface area contributed by atoms with E-state index < -0.39 is 0 Å². The maximum absolute atomic E-state index is 11.0. The number of carbonyl (C=O) groups excluding carboxylic acids is 1. The van der Waals surface area contributed by atoms with E-state index in [1.54, 1.807) is 0 Å². The minimum Gasteiger partial charge on any atom is -0.326 e. The first-order valence-corrected chi connectivity index (χ1v) is 5.13. The maximum atomic E-state index is 11.0. The minimum atomic E-state index is -0.246. The molecule has 0 spiro atoms. The summed E-state index contributed by atoms with van der Waals surface area (Å²) in [4.78, 5) is 12.8. The van der Waals surface area contributed by atoms with Gasteiger partial charge in [-0.15, -0.1) is 0 Å². The second-order valence-electron chi connectivity index (χ2n) is 3.85. The number of carbonyl (C=O) groups is 1. The molecule has 2 nitrogen and oxygen atoms in total. The van der Waals surface area contributed by atoms with Crippen molar-refractivity contribution in [2.24, 2.45) is 5.92 Å². The lowest BCUT2D eigenvalue weighted by molar-refractivity contribution is 0.190. The number of likely N-dealkylation sites (tertiary alicyclic amines) is 1. The summed E-state index contributed by atoms with van der Waals surface area (Å²) in [7, 11) is 0. The predicted octanol–water partition coefficient (Wildman–Crippen LogP) is 2.61. The molecule has 12 heavy (non-hydrogen) atoms. The number of amides is 1. The van der Waals surface area contributed by atoms with Gasteiger partial charge in [0.15, 0.2) is 0 Å². The third-order valence-electron chi connectivity index (χ3n) is 3.24. The molecule has 0 radical (unpaired) electrons. The van der Waals surface area contributed by atoms with Gasteiger partial charge in [-0.25, -0.2) is 0 Å². The van der Waals surface area contributed by atoms with Crippen LogP contribution in [-0.4, -0.2) is 22.9 Å². The monoisotopic (exact) mass is 187 g/mol. The van der Waals surface area contributed by atoms with Crippen molar-refractivity contribution in [2.75, 3.05) is 6.54 Å². The molecule has 0 aromatic rings. The van der Waals surface area contributed by atoms with Gasteiger partial charge in [0.2, 0.25) is 0 Å². The molecule has 2 fully saturated rings. The van der Waals surface area contributed by atoms with Crippen LogP contribution in [0.25, 0.3) is 0 Å². The quantitative estimate of drug-likeness (QED) is 0.422. The van der Waals surface area contributed by atoms with Crippen LogP contribution in [0.2, 0.25) is 0 Å². The summed E-state index contributed by atoms with van der Waals surface area (Å²) in [6, 6.07) is 0.476. The fourth-order valence-corrected chi connectivity index (χ4v) is 2.83. The normalized spacial score (nSPS) is 34.9. The van der Waals surface area contributed by atoms with Crippen molar-refractivity contribution in [1.82, 2.24) is 4.90 Å². The largest absolute Gasteiger partial charge is 0.326 e. The average Bonchev–Trinajstić information content (AvgIpc) is 2.47. The van der Waals surface area contributed by atoms with Gasteiger partial charge in [-0.2, -0.15) is 0 Å². The first kappa shape index (κ1) is 8.36. The summed E-state index contributed by atoms with van der Waals surface area (Å²) in [5, 5.41) is -0.246. The lowest BCUT2D eigenvalue weighted by Crippen LogP contribution is -2.36. The Labute approximate surface area is 77.9 Å². The Hall–Kier alpha value is -0.240. The summed E-state index contributed by atoms with van der Waals surface area (Å²) in [5.41, 5.74) is 0. The maximum Gasteiger partial charge on any atom is 0.316 e. The molecule has 1 aliphatic heterocycles. The minimum absolute atomic E-state index is 0.246. The van der Waals surface area contributed by atoms with Crippen LogP contribution in [0.1, 0.15) is 32.1 Å². The van der Waals surface area contributed by atoms with E-state index in [1.165, 1.54) is 32.1 Å². The molecule has 2 aliphatic rings. The van der Waals surface area contributed by atoms with Crippen molar-refractivity contribution in [2.45, 2.75) is 38.1 Å². The van der Waals surface area contributed by atoms with Gasteiger partial charge < -0.3 is 4.90 Å². The Morgan fingerprint density at radius 1 is 1.25 bits per heavy atom. The highest BCUT2D eigenvalue weighted by atomic mass is 35.5. The molecule has 0 unspecified atom stereocenters. The predicted molar refractivity (Wildman–Crippen MR) is 48.3 cm³/mol. The standard InChI is InChI=1S/C9H14ClNO/c10-9(12)11-6-5-7-3-1-2-4-8(7)11/h7-8H,1-6H2/t7-,8-/m0/s1.